The Labute approximate surface area is 127 Å². The number of hydrazine groups is 1. The highest BCUT2D eigenvalue weighted by Crippen LogP contribution is 2.06. The highest BCUT2D eigenvalue weighted by atomic mass is 16.2. The van der Waals surface area contributed by atoms with Crippen molar-refractivity contribution in [1.29, 1.82) is 0 Å². The Bertz CT molecular complexity index is 356. The predicted molar refractivity (Wildman–Crippen MR) is 82.5 cm³/mol. The molecule has 0 aromatic carbocycles. The van der Waals surface area contributed by atoms with E-state index in [9.17, 15) is 14.4 Å². The molecule has 0 saturated carbocycles. The monoisotopic (exact) mass is 299 g/mol. The van der Waals surface area contributed by atoms with Gasteiger partial charge in [-0.05, 0) is 32.1 Å². The number of amides is 1. The normalized spacial score (nSPS) is 15.6. The van der Waals surface area contributed by atoms with Gasteiger partial charge in [0.05, 0.1) is 18.1 Å². The van der Waals surface area contributed by atoms with E-state index in [0.717, 1.165) is 6.29 Å². The molecule has 1 amide bonds. The zero-order valence-electron chi connectivity index (χ0n) is 13.9. The fraction of sp³-hybridized carbons (Fsp3) is 0.800. The lowest BCUT2D eigenvalue weighted by atomic mass is 10.0. The van der Waals surface area contributed by atoms with Crippen LogP contribution < -0.4 is 16.2 Å². The molecule has 3 atom stereocenters. The summed E-state index contributed by atoms with van der Waals surface area (Å²) in [5, 5.41) is 2.74. The number of carbonyl (C=O) groups excluding carboxylic acids is 3. The van der Waals surface area contributed by atoms with Crippen molar-refractivity contribution in [3.8, 4) is 0 Å². The van der Waals surface area contributed by atoms with Gasteiger partial charge in [0.25, 0.3) is 0 Å². The first kappa shape index (κ1) is 19.7. The smallest absolute Gasteiger partial charge is 0.238 e. The number of hydrogen-bond donors (Lipinski definition) is 3. The van der Waals surface area contributed by atoms with Crippen molar-refractivity contribution in [3.63, 3.8) is 0 Å². The minimum atomic E-state index is -0.541. The molecule has 1 unspecified atom stereocenters. The summed E-state index contributed by atoms with van der Waals surface area (Å²) >= 11 is 0. The number of aldehydes is 1. The number of rotatable bonds is 10. The van der Waals surface area contributed by atoms with Crippen LogP contribution in [0.3, 0.4) is 0 Å². The lowest BCUT2D eigenvalue weighted by Gasteiger charge is -2.23. The van der Waals surface area contributed by atoms with Crippen LogP contribution >= 0.6 is 0 Å². The third kappa shape index (κ3) is 7.92. The van der Waals surface area contributed by atoms with E-state index in [1.807, 2.05) is 27.7 Å². The van der Waals surface area contributed by atoms with Gasteiger partial charge in [0.15, 0.2) is 5.78 Å². The first-order valence-electron chi connectivity index (χ1n) is 7.46. The Morgan fingerprint density at radius 1 is 1.05 bits per heavy atom. The summed E-state index contributed by atoms with van der Waals surface area (Å²) < 4.78 is 0. The van der Waals surface area contributed by atoms with Gasteiger partial charge in [-0.15, -0.1) is 0 Å². The Morgan fingerprint density at radius 3 is 2.00 bits per heavy atom. The second-order valence-electron chi connectivity index (χ2n) is 6.22. The molecule has 0 aliphatic rings. The maximum Gasteiger partial charge on any atom is 0.238 e. The van der Waals surface area contributed by atoms with Gasteiger partial charge >= 0.3 is 0 Å². The van der Waals surface area contributed by atoms with Crippen molar-refractivity contribution in [2.45, 2.75) is 66.1 Å². The highest BCUT2D eigenvalue weighted by molar-refractivity contribution is 5.89. The summed E-state index contributed by atoms with van der Waals surface area (Å²) in [5.74, 6) is 0.124. The van der Waals surface area contributed by atoms with E-state index in [1.165, 1.54) is 6.92 Å². The Kier molecular flexibility index (Phi) is 9.05. The van der Waals surface area contributed by atoms with Crippen LogP contribution in [0.4, 0.5) is 0 Å². The first-order chi connectivity index (χ1) is 9.68. The van der Waals surface area contributed by atoms with Gasteiger partial charge in [-0.1, -0.05) is 27.7 Å². The van der Waals surface area contributed by atoms with Crippen LogP contribution in [0.25, 0.3) is 0 Å². The number of Topliss-reactive ketones (excluding diaryl/α,β-unsaturated/α-hetero) is 1. The van der Waals surface area contributed by atoms with Crippen molar-refractivity contribution >= 4 is 18.0 Å². The molecular formula is C15H29N3O3. The summed E-state index contributed by atoms with van der Waals surface area (Å²) in [5.41, 5.74) is 5.64. The maximum atomic E-state index is 12.1. The molecule has 0 spiro atoms. The summed E-state index contributed by atoms with van der Waals surface area (Å²) in [6.07, 6.45) is 1.42. The molecule has 0 bridgehead atoms. The third-order valence-electron chi connectivity index (χ3n) is 3.24. The fourth-order valence-corrected chi connectivity index (χ4v) is 1.74. The van der Waals surface area contributed by atoms with Crippen molar-refractivity contribution in [1.82, 2.24) is 16.2 Å². The van der Waals surface area contributed by atoms with E-state index in [1.54, 1.807) is 6.92 Å². The van der Waals surface area contributed by atoms with E-state index in [0.29, 0.717) is 12.3 Å². The third-order valence-corrected chi connectivity index (χ3v) is 3.24. The summed E-state index contributed by atoms with van der Waals surface area (Å²) in [6, 6.07) is -1.37. The fourth-order valence-electron chi connectivity index (χ4n) is 1.74. The molecule has 0 fully saturated rings. The Morgan fingerprint density at radius 2 is 1.62 bits per heavy atom. The average Bonchev–Trinajstić information content (AvgIpc) is 2.37. The molecule has 0 rings (SSSR count). The lowest BCUT2D eigenvalue weighted by molar-refractivity contribution is -0.128. The van der Waals surface area contributed by atoms with Crippen LogP contribution in [0.5, 0.6) is 0 Å². The molecule has 0 aliphatic carbocycles. The standard InChI is InChI=1S/C15H29N3O3/c1-9(2)7-13(12(6)20)16-15(21)11(5)17-18-14(8-19)10(3)4/h8-11,13-14,17-18H,7H2,1-6H3,(H,16,21)/t11?,13-,14+/m0/s1. The Balaban J connectivity index is 4.42. The minimum absolute atomic E-state index is 0.0508. The quantitative estimate of drug-likeness (QED) is 0.410. The topological polar surface area (TPSA) is 87.3 Å². The molecule has 6 heteroatoms. The number of carbonyl (C=O) groups is 3. The van der Waals surface area contributed by atoms with Crippen LogP contribution in [-0.4, -0.2) is 36.1 Å². The average molecular weight is 299 g/mol. The molecular weight excluding hydrogens is 270 g/mol. The van der Waals surface area contributed by atoms with E-state index in [-0.39, 0.29) is 23.7 Å². The first-order valence-corrected chi connectivity index (χ1v) is 7.46. The van der Waals surface area contributed by atoms with E-state index in [4.69, 9.17) is 0 Å². The van der Waals surface area contributed by atoms with Crippen molar-refractivity contribution in [2.75, 3.05) is 0 Å². The van der Waals surface area contributed by atoms with Crippen LogP contribution in [0.2, 0.25) is 0 Å². The molecule has 0 radical (unpaired) electrons. The van der Waals surface area contributed by atoms with Crippen molar-refractivity contribution < 1.29 is 14.4 Å². The number of hydrogen-bond acceptors (Lipinski definition) is 5. The summed E-state index contributed by atoms with van der Waals surface area (Å²) in [7, 11) is 0. The largest absolute Gasteiger partial charge is 0.345 e. The molecule has 0 aromatic rings. The van der Waals surface area contributed by atoms with Gasteiger partial charge in [0, 0.05) is 0 Å². The maximum absolute atomic E-state index is 12.1. The van der Waals surface area contributed by atoms with Crippen molar-refractivity contribution in [2.24, 2.45) is 11.8 Å². The SMILES string of the molecule is CC(=O)[C@H](CC(C)C)NC(=O)C(C)NN[C@H](C=O)C(C)C. The van der Waals surface area contributed by atoms with Crippen LogP contribution in [0.15, 0.2) is 0 Å². The van der Waals surface area contributed by atoms with Gasteiger partial charge in [0.1, 0.15) is 6.29 Å². The van der Waals surface area contributed by atoms with Gasteiger partial charge < -0.3 is 10.1 Å². The molecule has 0 aromatic heterocycles. The highest BCUT2D eigenvalue weighted by Gasteiger charge is 2.22. The van der Waals surface area contributed by atoms with Gasteiger partial charge in [-0.25, -0.2) is 10.9 Å². The molecule has 3 N–H and O–H groups in total. The van der Waals surface area contributed by atoms with Crippen LogP contribution in [0.1, 0.15) is 48.0 Å². The second kappa shape index (κ2) is 9.63. The molecule has 122 valence electrons. The lowest BCUT2D eigenvalue weighted by Crippen LogP contribution is -2.55. The van der Waals surface area contributed by atoms with Gasteiger partial charge in [0.2, 0.25) is 5.91 Å². The molecule has 0 heterocycles. The number of ketones is 1. The Hall–Kier alpha value is -1.27. The minimum Gasteiger partial charge on any atom is -0.345 e. The summed E-state index contributed by atoms with van der Waals surface area (Å²) in [6.45, 7) is 11.0. The van der Waals surface area contributed by atoms with Crippen molar-refractivity contribution in [3.05, 3.63) is 0 Å². The van der Waals surface area contributed by atoms with E-state index < -0.39 is 12.1 Å². The molecule has 0 aliphatic heterocycles. The molecule has 21 heavy (non-hydrogen) atoms. The van der Waals surface area contributed by atoms with Crippen LogP contribution in [0, 0.1) is 11.8 Å². The predicted octanol–water partition coefficient (Wildman–Crippen LogP) is 0.813. The second-order valence-corrected chi connectivity index (χ2v) is 6.22. The van der Waals surface area contributed by atoms with Gasteiger partial charge in [-0.3, -0.25) is 9.59 Å². The zero-order chi connectivity index (χ0) is 16.6. The molecule has 0 saturated heterocycles. The number of nitrogens with one attached hydrogen (secondary N) is 3. The zero-order valence-corrected chi connectivity index (χ0v) is 13.9. The molecule has 6 nitrogen and oxygen atoms in total. The van der Waals surface area contributed by atoms with Crippen LogP contribution in [-0.2, 0) is 14.4 Å². The van der Waals surface area contributed by atoms with E-state index >= 15 is 0 Å². The van der Waals surface area contributed by atoms with Gasteiger partial charge in [-0.2, -0.15) is 0 Å². The van der Waals surface area contributed by atoms with E-state index in [2.05, 4.69) is 16.2 Å². The summed E-state index contributed by atoms with van der Waals surface area (Å²) in [4.78, 5) is 34.5.